The molecule has 1 atom stereocenters. The predicted molar refractivity (Wildman–Crippen MR) is 76.9 cm³/mol. The van der Waals surface area contributed by atoms with Crippen LogP contribution < -0.4 is 4.90 Å². The first-order chi connectivity index (χ1) is 9.09. The topological polar surface area (TPSA) is 40.5 Å². The quantitative estimate of drug-likeness (QED) is 0.907. The Balaban J connectivity index is 2.45. The molecule has 2 aromatic carbocycles. The third-order valence-electron chi connectivity index (χ3n) is 3.09. The summed E-state index contributed by atoms with van der Waals surface area (Å²) in [5.74, 6) is -0.843. The summed E-state index contributed by atoms with van der Waals surface area (Å²) in [4.78, 5) is 13.1. The van der Waals surface area contributed by atoms with E-state index in [9.17, 15) is 9.90 Å². The molecule has 19 heavy (non-hydrogen) atoms. The van der Waals surface area contributed by atoms with Crippen molar-refractivity contribution in [3.05, 3.63) is 60.2 Å². The first-order valence-electron chi connectivity index (χ1n) is 6.23. The van der Waals surface area contributed by atoms with E-state index < -0.39 is 12.0 Å². The van der Waals surface area contributed by atoms with Gasteiger partial charge in [-0.1, -0.05) is 35.9 Å². The molecule has 98 valence electrons. The molecule has 0 aromatic heterocycles. The average Bonchev–Trinajstić information content (AvgIpc) is 2.42. The minimum Gasteiger partial charge on any atom is -0.480 e. The van der Waals surface area contributed by atoms with Crippen molar-refractivity contribution in [2.75, 3.05) is 4.90 Å². The third kappa shape index (κ3) is 2.94. The summed E-state index contributed by atoms with van der Waals surface area (Å²) in [5, 5.41) is 9.29. The van der Waals surface area contributed by atoms with Gasteiger partial charge < -0.3 is 10.0 Å². The highest BCUT2D eigenvalue weighted by Crippen LogP contribution is 2.27. The second-order valence-corrected chi connectivity index (χ2v) is 4.56. The lowest BCUT2D eigenvalue weighted by molar-refractivity contribution is -0.137. The summed E-state index contributed by atoms with van der Waals surface area (Å²) in [6, 6.07) is 16.8. The monoisotopic (exact) mass is 255 g/mol. The van der Waals surface area contributed by atoms with Gasteiger partial charge in [0.15, 0.2) is 0 Å². The molecule has 0 aliphatic heterocycles. The number of carboxylic acid groups (broad SMARTS) is 1. The van der Waals surface area contributed by atoms with Gasteiger partial charge in [-0.25, -0.2) is 4.79 Å². The molecular formula is C16H17NO2. The van der Waals surface area contributed by atoms with Crippen molar-refractivity contribution in [3.8, 4) is 0 Å². The van der Waals surface area contributed by atoms with Crippen LogP contribution in [-0.4, -0.2) is 17.1 Å². The first-order valence-corrected chi connectivity index (χ1v) is 6.23. The normalized spacial score (nSPS) is 11.9. The standard InChI is InChI=1S/C16H17NO2/c1-12-8-10-15(11-9-12)17(13(2)16(18)19)14-6-4-3-5-7-14/h3-11,13H,1-2H3,(H,18,19). The van der Waals surface area contributed by atoms with Gasteiger partial charge in [0.1, 0.15) is 6.04 Å². The molecule has 3 nitrogen and oxygen atoms in total. The highest BCUT2D eigenvalue weighted by atomic mass is 16.4. The summed E-state index contributed by atoms with van der Waals surface area (Å²) in [6.07, 6.45) is 0. The number of para-hydroxylation sites is 1. The van der Waals surface area contributed by atoms with E-state index in [0.29, 0.717) is 0 Å². The molecule has 0 aliphatic rings. The molecule has 2 rings (SSSR count). The van der Waals surface area contributed by atoms with Crippen LogP contribution in [0.15, 0.2) is 54.6 Å². The molecule has 0 aliphatic carbocycles. The largest absolute Gasteiger partial charge is 0.480 e. The number of anilines is 2. The van der Waals surface area contributed by atoms with Gasteiger partial charge in [0, 0.05) is 11.4 Å². The van der Waals surface area contributed by atoms with Crippen molar-refractivity contribution in [1.29, 1.82) is 0 Å². The Morgan fingerprint density at radius 1 is 1.00 bits per heavy atom. The number of carboxylic acids is 1. The van der Waals surface area contributed by atoms with E-state index in [1.165, 1.54) is 0 Å². The predicted octanol–water partition coefficient (Wildman–Crippen LogP) is 3.61. The first kappa shape index (κ1) is 13.1. The number of nitrogens with zero attached hydrogens (tertiary/aromatic N) is 1. The average molecular weight is 255 g/mol. The van der Waals surface area contributed by atoms with Crippen LogP contribution in [0.2, 0.25) is 0 Å². The number of aryl methyl sites for hydroxylation is 1. The van der Waals surface area contributed by atoms with Crippen molar-refractivity contribution in [2.24, 2.45) is 0 Å². The third-order valence-corrected chi connectivity index (χ3v) is 3.09. The highest BCUT2D eigenvalue weighted by Gasteiger charge is 2.22. The van der Waals surface area contributed by atoms with Gasteiger partial charge in [-0.15, -0.1) is 0 Å². The molecule has 0 heterocycles. The van der Waals surface area contributed by atoms with Crippen LogP contribution in [0.5, 0.6) is 0 Å². The van der Waals surface area contributed by atoms with Gasteiger partial charge in [-0.3, -0.25) is 0 Å². The molecule has 0 spiro atoms. The van der Waals surface area contributed by atoms with E-state index in [0.717, 1.165) is 16.9 Å². The summed E-state index contributed by atoms with van der Waals surface area (Å²) < 4.78 is 0. The van der Waals surface area contributed by atoms with Gasteiger partial charge >= 0.3 is 5.97 Å². The van der Waals surface area contributed by atoms with Crippen molar-refractivity contribution in [3.63, 3.8) is 0 Å². The fraction of sp³-hybridized carbons (Fsp3) is 0.188. The van der Waals surface area contributed by atoms with Gasteiger partial charge in [0.2, 0.25) is 0 Å². The molecule has 0 saturated carbocycles. The molecule has 0 fully saturated rings. The zero-order valence-corrected chi connectivity index (χ0v) is 11.1. The fourth-order valence-electron chi connectivity index (χ4n) is 2.00. The minimum atomic E-state index is -0.843. The van der Waals surface area contributed by atoms with Crippen LogP contribution in [-0.2, 0) is 4.79 Å². The lowest BCUT2D eigenvalue weighted by atomic mass is 10.1. The molecule has 0 radical (unpaired) electrons. The van der Waals surface area contributed by atoms with Gasteiger partial charge in [-0.2, -0.15) is 0 Å². The van der Waals surface area contributed by atoms with Crippen molar-refractivity contribution >= 4 is 17.3 Å². The van der Waals surface area contributed by atoms with Crippen molar-refractivity contribution in [2.45, 2.75) is 19.9 Å². The molecule has 1 unspecified atom stereocenters. The summed E-state index contributed by atoms with van der Waals surface area (Å²) in [5.41, 5.74) is 2.91. The van der Waals surface area contributed by atoms with Gasteiger partial charge in [-0.05, 0) is 38.1 Å². The Kier molecular flexibility index (Phi) is 3.85. The maximum Gasteiger partial charge on any atom is 0.326 e. The van der Waals surface area contributed by atoms with Crippen LogP contribution in [0.3, 0.4) is 0 Å². The van der Waals surface area contributed by atoms with Crippen LogP contribution >= 0.6 is 0 Å². The minimum absolute atomic E-state index is 0.620. The van der Waals surface area contributed by atoms with E-state index in [-0.39, 0.29) is 0 Å². The van der Waals surface area contributed by atoms with Crippen molar-refractivity contribution < 1.29 is 9.90 Å². The zero-order valence-electron chi connectivity index (χ0n) is 11.1. The second-order valence-electron chi connectivity index (χ2n) is 4.56. The number of carbonyl (C=O) groups is 1. The van der Waals surface area contributed by atoms with E-state index in [1.54, 1.807) is 6.92 Å². The molecular weight excluding hydrogens is 238 g/mol. The Morgan fingerprint density at radius 3 is 2.05 bits per heavy atom. The van der Waals surface area contributed by atoms with Crippen LogP contribution in [0, 0.1) is 6.92 Å². The highest BCUT2D eigenvalue weighted by molar-refractivity contribution is 5.82. The van der Waals surface area contributed by atoms with Crippen LogP contribution in [0.4, 0.5) is 11.4 Å². The SMILES string of the molecule is Cc1ccc(N(c2ccccc2)C(C)C(=O)O)cc1. The summed E-state index contributed by atoms with van der Waals surface area (Å²) in [6.45, 7) is 3.70. The Labute approximate surface area is 113 Å². The Hall–Kier alpha value is -2.29. The van der Waals surface area contributed by atoms with E-state index in [4.69, 9.17) is 0 Å². The number of benzene rings is 2. The van der Waals surface area contributed by atoms with E-state index in [1.807, 2.05) is 66.4 Å². The Bertz CT molecular complexity index is 549. The second kappa shape index (κ2) is 5.57. The van der Waals surface area contributed by atoms with Gasteiger partial charge in [0.25, 0.3) is 0 Å². The Morgan fingerprint density at radius 2 is 1.53 bits per heavy atom. The summed E-state index contributed by atoms with van der Waals surface area (Å²) >= 11 is 0. The van der Waals surface area contributed by atoms with Crippen LogP contribution in [0.1, 0.15) is 12.5 Å². The molecule has 2 aromatic rings. The molecule has 1 N–H and O–H groups in total. The maximum atomic E-state index is 11.3. The maximum absolute atomic E-state index is 11.3. The molecule has 0 amide bonds. The lowest BCUT2D eigenvalue weighted by Gasteiger charge is -2.28. The molecule has 0 saturated heterocycles. The molecule has 0 bridgehead atoms. The fourth-order valence-corrected chi connectivity index (χ4v) is 2.00. The lowest BCUT2D eigenvalue weighted by Crippen LogP contribution is -2.35. The molecule has 3 heteroatoms. The number of hydrogen-bond acceptors (Lipinski definition) is 2. The van der Waals surface area contributed by atoms with Gasteiger partial charge in [0.05, 0.1) is 0 Å². The summed E-state index contributed by atoms with van der Waals surface area (Å²) in [7, 11) is 0. The zero-order chi connectivity index (χ0) is 13.8. The smallest absolute Gasteiger partial charge is 0.326 e. The van der Waals surface area contributed by atoms with E-state index in [2.05, 4.69) is 0 Å². The van der Waals surface area contributed by atoms with Crippen LogP contribution in [0.25, 0.3) is 0 Å². The van der Waals surface area contributed by atoms with Crippen molar-refractivity contribution in [1.82, 2.24) is 0 Å². The number of aliphatic carboxylic acids is 1. The number of rotatable bonds is 4. The van der Waals surface area contributed by atoms with E-state index >= 15 is 0 Å². The number of hydrogen-bond donors (Lipinski definition) is 1.